The standard InChI is InChI=1S/C16H23N5O2/c1-12-5-3-8-20(11-12)16(23)17-13-6-4-9-21(15(13)22)14-7-10-19(2)18-14/h5,7,10,13H,3-4,6,8-9,11H2,1-2H3,(H,17,23). The Bertz CT molecular complexity index is 636. The van der Waals surface area contributed by atoms with E-state index in [-0.39, 0.29) is 11.9 Å². The third-order valence-corrected chi connectivity index (χ3v) is 4.33. The molecular formula is C16H23N5O2. The molecule has 7 heteroatoms. The molecule has 0 saturated carbocycles. The molecule has 3 rings (SSSR count). The number of carbonyl (C=O) groups excluding carboxylic acids is 2. The zero-order valence-electron chi connectivity index (χ0n) is 13.7. The van der Waals surface area contributed by atoms with Gasteiger partial charge in [-0.1, -0.05) is 11.6 Å². The predicted octanol–water partition coefficient (Wildman–Crippen LogP) is 1.28. The van der Waals surface area contributed by atoms with Gasteiger partial charge < -0.3 is 10.2 Å². The summed E-state index contributed by atoms with van der Waals surface area (Å²) in [4.78, 5) is 28.5. The van der Waals surface area contributed by atoms with Crippen LogP contribution in [0.25, 0.3) is 0 Å². The SMILES string of the molecule is CC1=CCCN(C(=O)NC2CCCN(c3ccn(C)n3)C2=O)C1. The molecule has 2 aliphatic heterocycles. The second kappa shape index (κ2) is 6.44. The molecule has 0 aromatic carbocycles. The minimum atomic E-state index is -0.468. The van der Waals surface area contributed by atoms with Crippen molar-refractivity contribution in [2.45, 2.75) is 32.2 Å². The summed E-state index contributed by atoms with van der Waals surface area (Å²) < 4.78 is 1.67. The molecule has 7 nitrogen and oxygen atoms in total. The number of aryl methyl sites for hydroxylation is 1. The predicted molar refractivity (Wildman–Crippen MR) is 87.1 cm³/mol. The van der Waals surface area contributed by atoms with Crippen molar-refractivity contribution >= 4 is 17.8 Å². The van der Waals surface area contributed by atoms with E-state index >= 15 is 0 Å². The molecule has 1 aromatic heterocycles. The Balaban J connectivity index is 1.64. The van der Waals surface area contributed by atoms with Gasteiger partial charge in [-0.3, -0.25) is 14.4 Å². The van der Waals surface area contributed by atoms with Gasteiger partial charge in [0.05, 0.1) is 0 Å². The summed E-state index contributed by atoms with van der Waals surface area (Å²) >= 11 is 0. The average molecular weight is 317 g/mol. The fourth-order valence-corrected chi connectivity index (χ4v) is 3.11. The Morgan fingerprint density at radius 1 is 1.39 bits per heavy atom. The molecule has 0 bridgehead atoms. The van der Waals surface area contributed by atoms with Crippen LogP contribution in [0.5, 0.6) is 0 Å². The second-order valence-corrected chi connectivity index (χ2v) is 6.24. The Morgan fingerprint density at radius 3 is 2.91 bits per heavy atom. The molecule has 1 aromatic rings. The highest BCUT2D eigenvalue weighted by Gasteiger charge is 2.32. The number of carbonyl (C=O) groups is 2. The van der Waals surface area contributed by atoms with Gasteiger partial charge in [-0.05, 0) is 26.2 Å². The number of nitrogens with zero attached hydrogens (tertiary/aromatic N) is 4. The number of amides is 3. The van der Waals surface area contributed by atoms with E-state index in [1.54, 1.807) is 14.5 Å². The van der Waals surface area contributed by atoms with Crippen LogP contribution in [0.15, 0.2) is 23.9 Å². The van der Waals surface area contributed by atoms with E-state index in [1.807, 2.05) is 26.2 Å². The molecule has 23 heavy (non-hydrogen) atoms. The van der Waals surface area contributed by atoms with Gasteiger partial charge in [0.2, 0.25) is 0 Å². The van der Waals surface area contributed by atoms with Crippen LogP contribution in [0.4, 0.5) is 10.6 Å². The number of nitrogens with one attached hydrogen (secondary N) is 1. The van der Waals surface area contributed by atoms with Gasteiger partial charge in [0.25, 0.3) is 5.91 Å². The van der Waals surface area contributed by atoms with Crippen molar-refractivity contribution in [3.8, 4) is 0 Å². The van der Waals surface area contributed by atoms with Crippen LogP contribution in [-0.4, -0.2) is 52.3 Å². The quantitative estimate of drug-likeness (QED) is 0.835. The van der Waals surface area contributed by atoms with Gasteiger partial charge in [0, 0.05) is 38.9 Å². The molecule has 1 fully saturated rings. The Hall–Kier alpha value is -2.31. The smallest absolute Gasteiger partial charge is 0.318 e. The van der Waals surface area contributed by atoms with Gasteiger partial charge in [-0.15, -0.1) is 0 Å². The van der Waals surface area contributed by atoms with Crippen molar-refractivity contribution in [2.24, 2.45) is 7.05 Å². The van der Waals surface area contributed by atoms with Crippen LogP contribution < -0.4 is 10.2 Å². The number of aromatic nitrogens is 2. The molecule has 2 aliphatic rings. The van der Waals surface area contributed by atoms with Gasteiger partial charge in [-0.2, -0.15) is 5.10 Å². The number of piperidine rings is 1. The molecule has 0 aliphatic carbocycles. The molecule has 0 radical (unpaired) electrons. The van der Waals surface area contributed by atoms with Crippen LogP contribution >= 0.6 is 0 Å². The second-order valence-electron chi connectivity index (χ2n) is 6.24. The lowest BCUT2D eigenvalue weighted by Gasteiger charge is -2.33. The lowest BCUT2D eigenvalue weighted by Crippen LogP contribution is -2.55. The number of urea groups is 1. The van der Waals surface area contributed by atoms with Crippen LogP contribution in [0, 0.1) is 0 Å². The molecule has 1 atom stereocenters. The largest absolute Gasteiger partial charge is 0.326 e. The first kappa shape index (κ1) is 15.6. The number of anilines is 1. The monoisotopic (exact) mass is 317 g/mol. The normalized spacial score (nSPS) is 22.1. The summed E-state index contributed by atoms with van der Waals surface area (Å²) in [6, 6.07) is 1.20. The van der Waals surface area contributed by atoms with Crippen LogP contribution in [0.3, 0.4) is 0 Å². The van der Waals surface area contributed by atoms with Gasteiger partial charge >= 0.3 is 6.03 Å². The van der Waals surface area contributed by atoms with E-state index < -0.39 is 6.04 Å². The molecule has 3 amide bonds. The summed E-state index contributed by atoms with van der Waals surface area (Å²) in [5, 5.41) is 7.19. The van der Waals surface area contributed by atoms with E-state index in [4.69, 9.17) is 0 Å². The maximum atomic E-state index is 12.6. The van der Waals surface area contributed by atoms with Crippen molar-refractivity contribution in [1.29, 1.82) is 0 Å². The highest BCUT2D eigenvalue weighted by Crippen LogP contribution is 2.19. The number of hydrogen-bond acceptors (Lipinski definition) is 3. The van der Waals surface area contributed by atoms with Crippen molar-refractivity contribution in [3.05, 3.63) is 23.9 Å². The zero-order chi connectivity index (χ0) is 16.4. The van der Waals surface area contributed by atoms with Crippen LogP contribution in [0.1, 0.15) is 26.2 Å². The third kappa shape index (κ3) is 3.38. The van der Waals surface area contributed by atoms with E-state index in [9.17, 15) is 9.59 Å². The zero-order valence-corrected chi connectivity index (χ0v) is 13.7. The molecule has 1 N–H and O–H groups in total. The topological polar surface area (TPSA) is 70.5 Å². The van der Waals surface area contributed by atoms with Crippen molar-refractivity contribution in [2.75, 3.05) is 24.5 Å². The van der Waals surface area contributed by atoms with Crippen molar-refractivity contribution in [3.63, 3.8) is 0 Å². The first-order valence-corrected chi connectivity index (χ1v) is 8.06. The fourth-order valence-electron chi connectivity index (χ4n) is 3.11. The molecular weight excluding hydrogens is 294 g/mol. The fraction of sp³-hybridized carbons (Fsp3) is 0.562. The van der Waals surface area contributed by atoms with Gasteiger partial charge in [0.1, 0.15) is 6.04 Å². The van der Waals surface area contributed by atoms with Crippen molar-refractivity contribution < 1.29 is 9.59 Å². The molecule has 0 spiro atoms. The van der Waals surface area contributed by atoms with Crippen molar-refractivity contribution in [1.82, 2.24) is 20.0 Å². The first-order chi connectivity index (χ1) is 11.0. The van der Waals surface area contributed by atoms with E-state index in [2.05, 4.69) is 16.5 Å². The summed E-state index contributed by atoms with van der Waals surface area (Å²) in [5.41, 5.74) is 1.19. The van der Waals surface area contributed by atoms with E-state index in [1.165, 1.54) is 5.57 Å². The lowest BCUT2D eigenvalue weighted by atomic mass is 10.0. The summed E-state index contributed by atoms with van der Waals surface area (Å²) in [6.45, 7) is 4.01. The average Bonchev–Trinajstić information content (AvgIpc) is 2.95. The van der Waals surface area contributed by atoms with Gasteiger partial charge in [0.15, 0.2) is 5.82 Å². The Labute approximate surface area is 135 Å². The minimum absolute atomic E-state index is 0.0763. The summed E-state index contributed by atoms with van der Waals surface area (Å²) in [7, 11) is 1.82. The highest BCUT2D eigenvalue weighted by atomic mass is 16.2. The van der Waals surface area contributed by atoms with Crippen LogP contribution in [0.2, 0.25) is 0 Å². The highest BCUT2D eigenvalue weighted by molar-refractivity contribution is 5.99. The minimum Gasteiger partial charge on any atom is -0.326 e. The molecule has 124 valence electrons. The van der Waals surface area contributed by atoms with E-state index in [0.717, 1.165) is 12.8 Å². The first-order valence-electron chi connectivity index (χ1n) is 8.06. The molecule has 1 unspecified atom stereocenters. The Kier molecular flexibility index (Phi) is 4.36. The van der Waals surface area contributed by atoms with Crippen LogP contribution in [-0.2, 0) is 11.8 Å². The van der Waals surface area contributed by atoms with Gasteiger partial charge in [-0.25, -0.2) is 4.79 Å². The molecule has 3 heterocycles. The number of hydrogen-bond donors (Lipinski definition) is 1. The molecule has 1 saturated heterocycles. The third-order valence-electron chi connectivity index (χ3n) is 4.33. The van der Waals surface area contributed by atoms with E-state index in [0.29, 0.717) is 31.9 Å². The summed E-state index contributed by atoms with van der Waals surface area (Å²) in [6.07, 6.45) is 6.37. The maximum Gasteiger partial charge on any atom is 0.318 e. The lowest BCUT2D eigenvalue weighted by molar-refractivity contribution is -0.121. The maximum absolute atomic E-state index is 12.6. The summed E-state index contributed by atoms with van der Waals surface area (Å²) in [5.74, 6) is 0.570. The Morgan fingerprint density at radius 2 is 2.22 bits per heavy atom. The number of rotatable bonds is 2.